The standard InChI is InChI=1S/C10H11BrN2O4/c1-6(14)12-2-3-17-9-8(10(15)16)4-7(11)5-13-9/h4-5H,2-3H2,1H3,(H,12,14)(H,15,16). The summed E-state index contributed by atoms with van der Waals surface area (Å²) >= 11 is 3.13. The molecule has 6 nitrogen and oxygen atoms in total. The van der Waals surface area contributed by atoms with Gasteiger partial charge in [0.1, 0.15) is 12.2 Å². The molecule has 0 saturated heterocycles. The van der Waals surface area contributed by atoms with Gasteiger partial charge in [-0.25, -0.2) is 9.78 Å². The minimum absolute atomic E-state index is 0.0257. The molecule has 0 aliphatic rings. The number of carbonyl (C=O) groups is 2. The fourth-order valence-electron chi connectivity index (χ4n) is 1.07. The predicted octanol–water partition coefficient (Wildman–Crippen LogP) is 1.06. The van der Waals surface area contributed by atoms with E-state index in [2.05, 4.69) is 26.2 Å². The number of halogens is 1. The molecular formula is C10H11BrN2O4. The van der Waals surface area contributed by atoms with Gasteiger partial charge in [-0.2, -0.15) is 0 Å². The lowest BCUT2D eigenvalue weighted by molar-refractivity contribution is -0.119. The van der Waals surface area contributed by atoms with Crippen LogP contribution in [0.4, 0.5) is 0 Å². The first-order valence-corrected chi connectivity index (χ1v) is 5.56. The summed E-state index contributed by atoms with van der Waals surface area (Å²) in [6.45, 7) is 1.85. The highest BCUT2D eigenvalue weighted by atomic mass is 79.9. The van der Waals surface area contributed by atoms with Gasteiger partial charge in [0.2, 0.25) is 11.8 Å². The van der Waals surface area contributed by atoms with E-state index in [9.17, 15) is 9.59 Å². The third-order valence-electron chi connectivity index (χ3n) is 1.76. The number of carboxylic acid groups (broad SMARTS) is 1. The molecule has 1 aromatic heterocycles. The summed E-state index contributed by atoms with van der Waals surface area (Å²) in [7, 11) is 0. The van der Waals surface area contributed by atoms with E-state index in [1.165, 1.54) is 19.2 Å². The smallest absolute Gasteiger partial charge is 0.341 e. The van der Waals surface area contributed by atoms with E-state index >= 15 is 0 Å². The SMILES string of the molecule is CC(=O)NCCOc1ncc(Br)cc1C(=O)O. The second kappa shape index (κ2) is 6.19. The molecule has 2 N–H and O–H groups in total. The van der Waals surface area contributed by atoms with Gasteiger partial charge in [-0.15, -0.1) is 0 Å². The Morgan fingerprint density at radius 1 is 1.59 bits per heavy atom. The first kappa shape index (κ1) is 13.4. The van der Waals surface area contributed by atoms with Crippen LogP contribution < -0.4 is 10.1 Å². The van der Waals surface area contributed by atoms with E-state index < -0.39 is 5.97 Å². The molecule has 1 aromatic rings. The van der Waals surface area contributed by atoms with Gasteiger partial charge in [-0.3, -0.25) is 4.79 Å². The highest BCUT2D eigenvalue weighted by Crippen LogP contribution is 2.19. The van der Waals surface area contributed by atoms with Gasteiger partial charge in [0.25, 0.3) is 0 Å². The Balaban J connectivity index is 2.64. The van der Waals surface area contributed by atoms with Gasteiger partial charge < -0.3 is 15.2 Å². The number of ether oxygens (including phenoxy) is 1. The third kappa shape index (κ3) is 4.39. The zero-order valence-electron chi connectivity index (χ0n) is 9.07. The summed E-state index contributed by atoms with van der Waals surface area (Å²) in [6, 6.07) is 1.41. The maximum atomic E-state index is 10.9. The number of hydrogen-bond acceptors (Lipinski definition) is 4. The zero-order valence-corrected chi connectivity index (χ0v) is 10.7. The number of carboxylic acids is 1. The van der Waals surface area contributed by atoms with Crippen LogP contribution in [0.15, 0.2) is 16.7 Å². The van der Waals surface area contributed by atoms with E-state index in [0.717, 1.165) is 0 Å². The van der Waals surface area contributed by atoms with E-state index in [-0.39, 0.29) is 24.0 Å². The summed E-state index contributed by atoms with van der Waals surface area (Å²) in [4.78, 5) is 25.4. The Hall–Kier alpha value is -1.63. The lowest BCUT2D eigenvalue weighted by Gasteiger charge is -2.08. The van der Waals surface area contributed by atoms with Crippen molar-refractivity contribution in [3.05, 3.63) is 22.3 Å². The van der Waals surface area contributed by atoms with Crippen molar-refractivity contribution >= 4 is 27.8 Å². The fourth-order valence-corrected chi connectivity index (χ4v) is 1.40. The third-order valence-corrected chi connectivity index (χ3v) is 2.20. The number of carbonyl (C=O) groups excluding carboxylic acids is 1. The van der Waals surface area contributed by atoms with Crippen molar-refractivity contribution in [3.63, 3.8) is 0 Å². The molecule has 17 heavy (non-hydrogen) atoms. The Morgan fingerprint density at radius 2 is 2.29 bits per heavy atom. The monoisotopic (exact) mass is 302 g/mol. The first-order valence-electron chi connectivity index (χ1n) is 4.77. The van der Waals surface area contributed by atoms with Crippen LogP contribution in [0.1, 0.15) is 17.3 Å². The van der Waals surface area contributed by atoms with Crippen molar-refractivity contribution in [1.82, 2.24) is 10.3 Å². The Bertz CT molecular complexity index is 436. The first-order chi connectivity index (χ1) is 8.00. The molecular weight excluding hydrogens is 292 g/mol. The Labute approximate surface area is 106 Å². The van der Waals surface area contributed by atoms with Crippen molar-refractivity contribution in [2.24, 2.45) is 0 Å². The van der Waals surface area contributed by atoms with E-state index in [0.29, 0.717) is 11.0 Å². The maximum Gasteiger partial charge on any atom is 0.341 e. The van der Waals surface area contributed by atoms with Crippen LogP contribution in [-0.4, -0.2) is 35.1 Å². The van der Waals surface area contributed by atoms with Gasteiger partial charge in [0.15, 0.2) is 0 Å². The molecule has 0 saturated carbocycles. The lowest BCUT2D eigenvalue weighted by atomic mass is 10.3. The van der Waals surface area contributed by atoms with Crippen LogP contribution in [0.25, 0.3) is 0 Å². The van der Waals surface area contributed by atoms with E-state index in [4.69, 9.17) is 9.84 Å². The van der Waals surface area contributed by atoms with Crippen molar-refractivity contribution in [3.8, 4) is 5.88 Å². The fraction of sp³-hybridized carbons (Fsp3) is 0.300. The number of aromatic carboxylic acids is 1. The molecule has 0 fully saturated rings. The lowest BCUT2D eigenvalue weighted by Crippen LogP contribution is -2.25. The quantitative estimate of drug-likeness (QED) is 0.794. The maximum absolute atomic E-state index is 10.9. The number of aromatic nitrogens is 1. The molecule has 0 unspecified atom stereocenters. The molecule has 7 heteroatoms. The molecule has 0 aliphatic carbocycles. The number of hydrogen-bond donors (Lipinski definition) is 2. The predicted molar refractivity (Wildman–Crippen MR) is 63.1 cm³/mol. The molecule has 1 heterocycles. The van der Waals surface area contributed by atoms with Crippen LogP contribution in [0.5, 0.6) is 5.88 Å². The second-order valence-corrected chi connectivity index (χ2v) is 4.06. The topological polar surface area (TPSA) is 88.5 Å². The van der Waals surface area contributed by atoms with E-state index in [1.54, 1.807) is 0 Å². The van der Waals surface area contributed by atoms with Gasteiger partial charge in [-0.1, -0.05) is 0 Å². The molecule has 0 radical (unpaired) electrons. The zero-order chi connectivity index (χ0) is 12.8. The summed E-state index contributed by atoms with van der Waals surface area (Å²) in [5.41, 5.74) is -0.0257. The highest BCUT2D eigenvalue weighted by Gasteiger charge is 2.13. The minimum atomic E-state index is -1.12. The van der Waals surface area contributed by atoms with Crippen LogP contribution in [0, 0.1) is 0 Å². The number of nitrogens with one attached hydrogen (secondary N) is 1. The highest BCUT2D eigenvalue weighted by molar-refractivity contribution is 9.10. The molecule has 92 valence electrons. The summed E-state index contributed by atoms with van der Waals surface area (Å²) in [6.07, 6.45) is 1.44. The average Bonchev–Trinajstić information content (AvgIpc) is 2.25. The van der Waals surface area contributed by atoms with Crippen molar-refractivity contribution in [2.45, 2.75) is 6.92 Å². The molecule has 0 spiro atoms. The van der Waals surface area contributed by atoms with E-state index in [1.807, 2.05) is 0 Å². The van der Waals surface area contributed by atoms with Crippen LogP contribution in [0.2, 0.25) is 0 Å². The summed E-state index contributed by atoms with van der Waals surface area (Å²) in [5.74, 6) is -1.25. The van der Waals surface area contributed by atoms with Crippen LogP contribution in [-0.2, 0) is 4.79 Å². The number of pyridine rings is 1. The molecule has 0 aliphatic heterocycles. The number of nitrogens with zero attached hydrogens (tertiary/aromatic N) is 1. The summed E-state index contributed by atoms with van der Waals surface area (Å²) < 4.78 is 5.74. The summed E-state index contributed by atoms with van der Waals surface area (Å²) in [5, 5.41) is 11.5. The molecule has 0 atom stereocenters. The largest absolute Gasteiger partial charge is 0.477 e. The number of rotatable bonds is 5. The molecule has 1 amide bonds. The normalized spacial score (nSPS) is 9.76. The van der Waals surface area contributed by atoms with Gasteiger partial charge >= 0.3 is 5.97 Å². The molecule has 1 rings (SSSR count). The van der Waals surface area contributed by atoms with Crippen LogP contribution >= 0.6 is 15.9 Å². The average molecular weight is 303 g/mol. The molecule has 0 aromatic carbocycles. The van der Waals surface area contributed by atoms with Crippen LogP contribution in [0.3, 0.4) is 0 Å². The van der Waals surface area contributed by atoms with Gasteiger partial charge in [-0.05, 0) is 22.0 Å². The van der Waals surface area contributed by atoms with Crippen molar-refractivity contribution < 1.29 is 19.4 Å². The minimum Gasteiger partial charge on any atom is -0.477 e. The number of amides is 1. The second-order valence-electron chi connectivity index (χ2n) is 3.14. The Kier molecular flexibility index (Phi) is 4.89. The van der Waals surface area contributed by atoms with Crippen molar-refractivity contribution in [1.29, 1.82) is 0 Å². The Morgan fingerprint density at radius 3 is 2.88 bits per heavy atom. The van der Waals surface area contributed by atoms with Crippen molar-refractivity contribution in [2.75, 3.05) is 13.2 Å². The van der Waals surface area contributed by atoms with Gasteiger partial charge in [0, 0.05) is 17.6 Å². The molecule has 0 bridgehead atoms. The van der Waals surface area contributed by atoms with Gasteiger partial charge in [0.05, 0.1) is 6.54 Å².